The zero-order chi connectivity index (χ0) is 21.0. The van der Waals surface area contributed by atoms with Crippen LogP contribution < -0.4 is 5.32 Å². The van der Waals surface area contributed by atoms with E-state index in [1.54, 1.807) is 11.8 Å². The van der Waals surface area contributed by atoms with Gasteiger partial charge in [0, 0.05) is 37.6 Å². The average Bonchev–Trinajstić information content (AvgIpc) is 3.09. The van der Waals surface area contributed by atoms with Gasteiger partial charge in [-0.05, 0) is 18.9 Å². The molecule has 0 aromatic heterocycles. The first kappa shape index (κ1) is 20.9. The second-order valence-corrected chi connectivity index (χ2v) is 7.79. The second kappa shape index (κ2) is 7.20. The molecule has 0 bridgehead atoms. The zero-order valence-electron chi connectivity index (χ0n) is 15.5. The van der Waals surface area contributed by atoms with Crippen LogP contribution in [0.1, 0.15) is 20.3 Å². The molecule has 11 heteroatoms. The molecule has 0 spiro atoms. The summed E-state index contributed by atoms with van der Waals surface area (Å²) in [5.74, 6) is -3.88. The summed E-state index contributed by atoms with van der Waals surface area (Å²) < 4.78 is 37.2. The fourth-order valence-electron chi connectivity index (χ4n) is 4.67. The fraction of sp³-hybridized carbons (Fsp3) is 0.765. The lowest BCUT2D eigenvalue weighted by atomic mass is 9.77. The first-order chi connectivity index (χ1) is 12.9. The molecule has 3 heterocycles. The van der Waals surface area contributed by atoms with Crippen LogP contribution in [0.2, 0.25) is 0 Å². The lowest BCUT2D eigenvalue weighted by molar-refractivity contribution is -0.192. The van der Waals surface area contributed by atoms with Crippen LogP contribution in [-0.2, 0) is 9.59 Å². The number of halogens is 3. The molecule has 6 atom stereocenters. The van der Waals surface area contributed by atoms with Crippen LogP contribution in [-0.4, -0.2) is 87.2 Å². The summed E-state index contributed by atoms with van der Waals surface area (Å²) in [5.41, 5.74) is 0.562. The van der Waals surface area contributed by atoms with Crippen molar-refractivity contribution in [3.05, 3.63) is 11.3 Å². The van der Waals surface area contributed by atoms with E-state index in [9.17, 15) is 38.1 Å². The summed E-state index contributed by atoms with van der Waals surface area (Å²) in [4.78, 5) is 26.1. The molecule has 158 valence electrons. The van der Waals surface area contributed by atoms with Crippen molar-refractivity contribution < 1.29 is 38.1 Å². The van der Waals surface area contributed by atoms with Crippen LogP contribution in [0.15, 0.2) is 11.3 Å². The van der Waals surface area contributed by atoms with E-state index in [1.807, 2.05) is 12.2 Å². The number of aliphatic carboxylic acids is 1. The molecular formula is C17H24F3N3O5. The summed E-state index contributed by atoms with van der Waals surface area (Å²) in [7, 11) is 0. The van der Waals surface area contributed by atoms with E-state index < -0.39 is 42.3 Å². The minimum atomic E-state index is -4.94. The standard InChI is InChI=1S/C17H24F3N3O5/c1-7-10(6-22-4-3-9(5-22)21-16(28)17(18,19)20)13(15(26)27)23-12(7)11(8(2)24)14(23)25/h7-9,11-12,14,24-25H,3-6H2,1-2H3,(H,21,28)(H,26,27)/t7-,8+,9-,11?,12?,14?/m0/s1. The second-order valence-electron chi connectivity index (χ2n) is 7.79. The van der Waals surface area contributed by atoms with Gasteiger partial charge >= 0.3 is 18.1 Å². The SMILES string of the molecule is C[C@@H](O)C1C(O)N2C(C(=O)O)=C(CN3CC[C@H](NC(=O)C(F)(F)F)C3)[C@H](C)C12. The number of carbonyl (C=O) groups is 2. The third-order valence-electron chi connectivity index (χ3n) is 5.99. The number of likely N-dealkylation sites (tertiary alicyclic amines) is 1. The number of rotatable bonds is 5. The third kappa shape index (κ3) is 3.46. The normalized spacial score (nSPS) is 34.2. The van der Waals surface area contributed by atoms with E-state index >= 15 is 0 Å². The molecule has 3 rings (SSSR count). The lowest BCUT2D eigenvalue weighted by Gasteiger charge is -2.53. The van der Waals surface area contributed by atoms with Gasteiger partial charge in [0.05, 0.1) is 12.0 Å². The Morgan fingerprint density at radius 1 is 1.36 bits per heavy atom. The molecule has 8 nitrogen and oxygen atoms in total. The molecule has 0 aromatic rings. The Kier molecular flexibility index (Phi) is 5.36. The summed E-state index contributed by atoms with van der Waals surface area (Å²) in [6, 6.07) is -0.994. The van der Waals surface area contributed by atoms with Crippen LogP contribution in [0.5, 0.6) is 0 Å². The topological polar surface area (TPSA) is 113 Å². The number of aliphatic hydroxyl groups excluding tert-OH is 2. The molecule has 3 aliphatic heterocycles. The number of carbonyl (C=O) groups excluding carboxylic acids is 1. The van der Waals surface area contributed by atoms with Gasteiger partial charge in [-0.1, -0.05) is 6.92 Å². The maximum absolute atomic E-state index is 12.4. The molecule has 2 saturated heterocycles. The highest BCUT2D eigenvalue weighted by Gasteiger charge is 2.59. The molecular weight excluding hydrogens is 383 g/mol. The Labute approximate surface area is 159 Å². The molecule has 0 radical (unpaired) electrons. The van der Waals surface area contributed by atoms with Crippen molar-refractivity contribution in [1.29, 1.82) is 0 Å². The van der Waals surface area contributed by atoms with Gasteiger partial charge < -0.3 is 25.5 Å². The molecule has 0 aromatic carbocycles. The minimum absolute atomic E-state index is 0.00956. The Balaban J connectivity index is 1.70. The minimum Gasteiger partial charge on any atom is -0.477 e. The van der Waals surface area contributed by atoms with Crippen LogP contribution in [0, 0.1) is 11.8 Å². The van der Waals surface area contributed by atoms with Crippen molar-refractivity contribution in [1.82, 2.24) is 15.1 Å². The number of aliphatic hydroxyl groups is 2. The highest BCUT2D eigenvalue weighted by atomic mass is 19.4. The molecule has 3 unspecified atom stereocenters. The third-order valence-corrected chi connectivity index (χ3v) is 5.99. The quantitative estimate of drug-likeness (QED) is 0.496. The summed E-state index contributed by atoms with van der Waals surface area (Å²) in [6.45, 7) is 4.18. The van der Waals surface area contributed by atoms with Crippen LogP contribution >= 0.6 is 0 Å². The van der Waals surface area contributed by atoms with Crippen molar-refractivity contribution >= 4 is 11.9 Å². The highest BCUT2D eigenvalue weighted by molar-refractivity contribution is 5.88. The number of carboxylic acids is 1. The molecule has 2 fully saturated rings. The van der Waals surface area contributed by atoms with Crippen molar-refractivity contribution in [2.45, 2.75) is 50.9 Å². The Bertz CT molecular complexity index is 696. The maximum atomic E-state index is 12.4. The van der Waals surface area contributed by atoms with Gasteiger partial charge in [0.2, 0.25) is 0 Å². The largest absolute Gasteiger partial charge is 0.477 e. The van der Waals surface area contributed by atoms with Gasteiger partial charge in [-0.3, -0.25) is 9.69 Å². The van der Waals surface area contributed by atoms with E-state index in [4.69, 9.17) is 0 Å². The highest BCUT2D eigenvalue weighted by Crippen LogP contribution is 2.49. The Morgan fingerprint density at radius 3 is 2.54 bits per heavy atom. The Morgan fingerprint density at radius 2 is 2.00 bits per heavy atom. The van der Waals surface area contributed by atoms with E-state index in [2.05, 4.69) is 0 Å². The number of alkyl halides is 3. The number of fused-ring (bicyclic) bond motifs is 1. The smallest absolute Gasteiger partial charge is 0.471 e. The predicted octanol–water partition coefficient (Wildman–Crippen LogP) is -0.273. The van der Waals surface area contributed by atoms with Gasteiger partial charge in [0.15, 0.2) is 0 Å². The van der Waals surface area contributed by atoms with Gasteiger partial charge in [0.25, 0.3) is 0 Å². The fourth-order valence-corrected chi connectivity index (χ4v) is 4.67. The van der Waals surface area contributed by atoms with Gasteiger partial charge in [-0.25, -0.2) is 4.79 Å². The maximum Gasteiger partial charge on any atom is 0.471 e. The number of hydrogen-bond acceptors (Lipinski definition) is 6. The van der Waals surface area contributed by atoms with Crippen molar-refractivity contribution in [2.75, 3.05) is 19.6 Å². The molecule has 28 heavy (non-hydrogen) atoms. The molecule has 4 N–H and O–H groups in total. The zero-order valence-corrected chi connectivity index (χ0v) is 15.5. The van der Waals surface area contributed by atoms with Crippen LogP contribution in [0.25, 0.3) is 0 Å². The average molecular weight is 407 g/mol. The monoisotopic (exact) mass is 407 g/mol. The van der Waals surface area contributed by atoms with E-state index in [1.165, 1.54) is 4.90 Å². The Hall–Kier alpha value is -1.85. The van der Waals surface area contributed by atoms with Gasteiger partial charge in [0.1, 0.15) is 11.9 Å². The van der Waals surface area contributed by atoms with E-state index in [0.29, 0.717) is 18.5 Å². The lowest BCUT2D eigenvalue weighted by Crippen LogP contribution is -2.66. The molecule has 1 amide bonds. The van der Waals surface area contributed by atoms with Crippen LogP contribution in [0.4, 0.5) is 13.2 Å². The number of carboxylic acid groups (broad SMARTS) is 1. The number of amides is 1. The number of hydrogen-bond donors (Lipinski definition) is 4. The predicted molar refractivity (Wildman–Crippen MR) is 89.7 cm³/mol. The van der Waals surface area contributed by atoms with E-state index in [0.717, 1.165) is 0 Å². The first-order valence-electron chi connectivity index (χ1n) is 9.14. The van der Waals surface area contributed by atoms with Crippen molar-refractivity contribution in [3.8, 4) is 0 Å². The van der Waals surface area contributed by atoms with Crippen molar-refractivity contribution in [2.24, 2.45) is 11.8 Å². The molecule has 3 aliphatic rings. The first-order valence-corrected chi connectivity index (χ1v) is 9.14. The summed E-state index contributed by atoms with van der Waals surface area (Å²) >= 11 is 0. The van der Waals surface area contributed by atoms with Gasteiger partial charge in [-0.15, -0.1) is 0 Å². The molecule has 0 aliphatic carbocycles. The molecule has 0 saturated carbocycles. The summed E-state index contributed by atoms with van der Waals surface area (Å²) in [5, 5.41) is 31.8. The van der Waals surface area contributed by atoms with Crippen molar-refractivity contribution in [3.63, 3.8) is 0 Å². The number of nitrogens with zero attached hydrogens (tertiary/aromatic N) is 2. The van der Waals surface area contributed by atoms with Crippen LogP contribution in [0.3, 0.4) is 0 Å². The van der Waals surface area contributed by atoms with Gasteiger partial charge in [-0.2, -0.15) is 13.2 Å². The van der Waals surface area contributed by atoms with E-state index in [-0.39, 0.29) is 30.7 Å². The number of nitrogens with one attached hydrogen (secondary N) is 1. The summed E-state index contributed by atoms with van der Waals surface area (Å²) in [6.07, 6.45) is -6.50.